The second kappa shape index (κ2) is 6.81. The summed E-state index contributed by atoms with van der Waals surface area (Å²) in [4.78, 5) is 4.36. The van der Waals surface area contributed by atoms with E-state index in [0.29, 0.717) is 11.8 Å². The predicted octanol–water partition coefficient (Wildman–Crippen LogP) is 6.42. The van der Waals surface area contributed by atoms with Gasteiger partial charge in [-0.15, -0.1) is 0 Å². The first-order valence-corrected chi connectivity index (χ1v) is 13.2. The lowest BCUT2D eigenvalue weighted by molar-refractivity contribution is -0.869. The first kappa shape index (κ1) is 21.3. The van der Waals surface area contributed by atoms with Crippen LogP contribution in [0.4, 0.5) is 0 Å². The van der Waals surface area contributed by atoms with Gasteiger partial charge in [-0.25, -0.2) is 0 Å². The fourth-order valence-electron chi connectivity index (χ4n) is 8.78. The number of ether oxygens (including phenoxy) is 1. The summed E-state index contributed by atoms with van der Waals surface area (Å²) < 4.78 is 7.14. The number of fused-ring (bicyclic) bond motifs is 2. The van der Waals surface area contributed by atoms with Crippen molar-refractivity contribution >= 4 is 10.8 Å². The van der Waals surface area contributed by atoms with Crippen molar-refractivity contribution in [1.29, 1.82) is 0 Å². The Labute approximate surface area is 202 Å². The molecule has 3 aliphatic carbocycles. The summed E-state index contributed by atoms with van der Waals surface area (Å²) in [6.07, 6.45) is 17.5. The molecule has 2 bridgehead atoms. The molecule has 2 aromatic rings. The first-order valence-electron chi connectivity index (χ1n) is 13.2. The van der Waals surface area contributed by atoms with Gasteiger partial charge in [0.1, 0.15) is 0 Å². The Kier molecular flexibility index (Phi) is 4.26. The molecular weight excluding hydrogens is 420 g/mol. The second-order valence-electron chi connectivity index (χ2n) is 12.5. The zero-order valence-electron chi connectivity index (χ0n) is 20.7. The molecule has 34 heavy (non-hydrogen) atoms. The predicted molar refractivity (Wildman–Crippen MR) is 135 cm³/mol. The van der Waals surface area contributed by atoms with Gasteiger partial charge < -0.3 is 14.6 Å². The van der Waals surface area contributed by atoms with Crippen LogP contribution >= 0.6 is 0 Å². The van der Waals surface area contributed by atoms with Gasteiger partial charge in [0, 0.05) is 30.6 Å². The molecular formula is C30H36N2O2. The van der Waals surface area contributed by atoms with Crippen LogP contribution in [0.25, 0.3) is 10.8 Å². The van der Waals surface area contributed by atoms with Gasteiger partial charge in [0.15, 0.2) is 0 Å². The van der Waals surface area contributed by atoms with Crippen LogP contribution < -0.4 is 0 Å². The summed E-state index contributed by atoms with van der Waals surface area (Å²) in [5.74, 6) is 1.07. The van der Waals surface area contributed by atoms with E-state index in [1.807, 2.05) is 26.5 Å². The van der Waals surface area contributed by atoms with E-state index in [-0.39, 0.29) is 27.3 Å². The van der Waals surface area contributed by atoms with Gasteiger partial charge in [-0.3, -0.25) is 4.98 Å². The van der Waals surface area contributed by atoms with E-state index in [9.17, 15) is 5.21 Å². The van der Waals surface area contributed by atoms with E-state index < -0.39 is 0 Å². The zero-order chi connectivity index (χ0) is 23.3. The maximum absolute atomic E-state index is 12.9. The van der Waals surface area contributed by atoms with Gasteiger partial charge in [-0.1, -0.05) is 31.2 Å². The number of hydrogen-bond acceptors (Lipinski definition) is 3. The van der Waals surface area contributed by atoms with Crippen LogP contribution in [0.3, 0.4) is 0 Å². The van der Waals surface area contributed by atoms with Crippen molar-refractivity contribution in [2.45, 2.75) is 81.5 Å². The van der Waals surface area contributed by atoms with E-state index >= 15 is 0 Å². The number of hydrogen-bond donors (Lipinski definition) is 0. The number of allylic oxidation sites excluding steroid dienone is 1. The molecule has 2 spiro atoms. The largest absolute Gasteiger partial charge is 0.633 e. The fourth-order valence-corrected chi connectivity index (χ4v) is 8.78. The molecule has 4 nitrogen and oxygen atoms in total. The maximum atomic E-state index is 12.9. The molecule has 0 radical (unpaired) electrons. The molecule has 3 fully saturated rings. The summed E-state index contributed by atoms with van der Waals surface area (Å²) in [6.45, 7) is 2.53. The van der Waals surface area contributed by atoms with Crippen molar-refractivity contribution in [2.24, 2.45) is 11.3 Å². The van der Waals surface area contributed by atoms with Crippen molar-refractivity contribution in [1.82, 2.24) is 4.98 Å². The van der Waals surface area contributed by atoms with Crippen molar-refractivity contribution in [3.8, 4) is 0 Å². The third-order valence-corrected chi connectivity index (χ3v) is 10.6. The number of quaternary nitrogens is 1. The van der Waals surface area contributed by atoms with E-state index in [0.717, 1.165) is 38.5 Å². The molecule has 6 atom stereocenters. The van der Waals surface area contributed by atoms with Crippen LogP contribution in [0, 0.1) is 16.5 Å². The molecule has 2 saturated carbocycles. The molecule has 4 heteroatoms. The van der Waals surface area contributed by atoms with Crippen LogP contribution in [0.5, 0.6) is 0 Å². The second-order valence-corrected chi connectivity index (χ2v) is 12.5. The Morgan fingerprint density at radius 2 is 1.97 bits per heavy atom. The minimum Gasteiger partial charge on any atom is -0.633 e. The average molecular weight is 457 g/mol. The summed E-state index contributed by atoms with van der Waals surface area (Å²) in [7, 11) is 3.63. The molecule has 0 N–H and O–H groups in total. The third kappa shape index (κ3) is 2.74. The summed E-state index contributed by atoms with van der Waals surface area (Å²) in [5.41, 5.74) is 4.21. The molecule has 3 heterocycles. The Balaban J connectivity index is 1.27. The minimum absolute atomic E-state index is 0.135. The number of pyridine rings is 1. The Morgan fingerprint density at radius 3 is 2.82 bits per heavy atom. The number of hydroxylamine groups is 3. The third-order valence-electron chi connectivity index (χ3n) is 10.6. The highest BCUT2D eigenvalue weighted by molar-refractivity contribution is 5.82. The first-order chi connectivity index (χ1) is 16.2. The van der Waals surface area contributed by atoms with Crippen LogP contribution in [-0.2, 0) is 4.74 Å². The molecule has 1 unspecified atom stereocenters. The van der Waals surface area contributed by atoms with E-state index in [1.165, 1.54) is 40.3 Å². The normalized spacial score (nSPS) is 40.9. The molecule has 1 aromatic carbocycles. The van der Waals surface area contributed by atoms with Crippen LogP contribution in [0.15, 0.2) is 60.0 Å². The van der Waals surface area contributed by atoms with E-state index in [2.05, 4.69) is 48.3 Å². The summed E-state index contributed by atoms with van der Waals surface area (Å²) >= 11 is 0. The highest BCUT2D eigenvalue weighted by Crippen LogP contribution is 2.69. The van der Waals surface area contributed by atoms with Gasteiger partial charge in [-0.2, -0.15) is 0 Å². The highest BCUT2D eigenvalue weighted by Gasteiger charge is 2.67. The SMILES string of the molecule is C[C@]12CC=C3C=C4CC[C@@H]([N+](C)(C)[O-])CC45CC[C@]3(O5)[C@@H]1CC[C@@H]2c1ccc2ccncc2c1. The van der Waals surface area contributed by atoms with Crippen molar-refractivity contribution in [2.75, 3.05) is 14.1 Å². The standard InChI is InChI=1S/C30H36N2O2/c1-28-12-10-24-17-23-6-7-25(32(2,3)33)18-29(23)13-14-30(24,34-29)27(28)9-8-26(28)21-5-4-20-11-15-31-19-22(20)16-21/h4-5,10-11,15-17,19,25-27H,6-9,12-14,18H2,1-3H3/t25-,26-,27-,28-,29?,30-/m1/s1. The molecule has 1 aromatic heterocycles. The number of rotatable bonds is 2. The van der Waals surface area contributed by atoms with Gasteiger partial charge >= 0.3 is 0 Å². The Morgan fingerprint density at radius 1 is 1.09 bits per heavy atom. The van der Waals surface area contributed by atoms with Crippen molar-refractivity contribution in [3.05, 3.63) is 70.7 Å². The molecule has 7 rings (SSSR count). The maximum Gasteiger partial charge on any atom is 0.0975 e. The molecule has 1 saturated heterocycles. The summed E-state index contributed by atoms with van der Waals surface area (Å²) in [5, 5.41) is 15.4. The quantitative estimate of drug-likeness (QED) is 0.387. The average Bonchev–Trinajstić information content (AvgIpc) is 3.33. The van der Waals surface area contributed by atoms with Gasteiger partial charge in [0.05, 0.1) is 31.3 Å². The molecule has 2 aliphatic heterocycles. The smallest absolute Gasteiger partial charge is 0.0975 e. The van der Waals surface area contributed by atoms with Gasteiger partial charge in [0.2, 0.25) is 0 Å². The zero-order valence-corrected chi connectivity index (χ0v) is 20.7. The van der Waals surface area contributed by atoms with E-state index in [1.54, 1.807) is 0 Å². The van der Waals surface area contributed by atoms with Crippen molar-refractivity contribution in [3.63, 3.8) is 0 Å². The van der Waals surface area contributed by atoms with Crippen LogP contribution in [0.1, 0.15) is 69.8 Å². The molecule has 0 amide bonds. The van der Waals surface area contributed by atoms with Gasteiger partial charge in [-0.05, 0) is 90.0 Å². The Bertz CT molecular complexity index is 1240. The minimum atomic E-state index is -0.203. The van der Waals surface area contributed by atoms with Crippen LogP contribution in [0.2, 0.25) is 0 Å². The topological polar surface area (TPSA) is 45.2 Å². The fraction of sp³-hybridized carbons (Fsp3) is 0.567. The summed E-state index contributed by atoms with van der Waals surface area (Å²) in [6, 6.07) is 9.24. The lowest BCUT2D eigenvalue weighted by Crippen LogP contribution is -2.56. The molecule has 178 valence electrons. The number of aromatic nitrogens is 1. The molecule has 5 aliphatic rings. The van der Waals surface area contributed by atoms with Crippen LogP contribution in [-0.4, -0.2) is 41.0 Å². The highest BCUT2D eigenvalue weighted by atomic mass is 16.5. The van der Waals surface area contributed by atoms with Crippen molar-refractivity contribution < 1.29 is 9.38 Å². The lowest BCUT2D eigenvalue weighted by atomic mass is 9.58. The van der Waals surface area contributed by atoms with E-state index in [4.69, 9.17) is 4.74 Å². The van der Waals surface area contributed by atoms with Gasteiger partial charge in [0.25, 0.3) is 0 Å². The monoisotopic (exact) mass is 456 g/mol. The number of nitrogens with zero attached hydrogens (tertiary/aromatic N) is 2. The Hall–Kier alpha value is -2.01. The lowest BCUT2D eigenvalue weighted by Gasteiger charge is -2.55. The number of benzene rings is 1.